The third-order valence-electron chi connectivity index (χ3n) is 3.28. The highest BCUT2D eigenvalue weighted by Gasteiger charge is 2.10. The summed E-state index contributed by atoms with van der Waals surface area (Å²) in [6.45, 7) is 0. The molecule has 3 aromatic rings. The maximum atomic E-state index is 10.9. The number of hydrogen-bond donors (Lipinski definition) is 1. The van der Waals surface area contributed by atoms with Gasteiger partial charge in [-0.15, -0.1) is 0 Å². The molecule has 1 N–H and O–H groups in total. The molecule has 5 heteroatoms. The lowest BCUT2D eigenvalue weighted by molar-refractivity contribution is 0.0697. The number of hydrogen-bond acceptors (Lipinski definition) is 2. The van der Waals surface area contributed by atoms with Crippen LogP contribution in [-0.2, 0) is 0 Å². The van der Waals surface area contributed by atoms with E-state index in [9.17, 15) is 10.1 Å². The lowest BCUT2D eigenvalue weighted by Crippen LogP contribution is -1.97. The van der Waals surface area contributed by atoms with Crippen LogP contribution in [0, 0.1) is 11.3 Å². The highest BCUT2D eigenvalue weighted by molar-refractivity contribution is 6.31. The second kappa shape index (κ2) is 4.97. The number of nitriles is 1. The molecule has 0 aliphatic carbocycles. The van der Waals surface area contributed by atoms with Crippen LogP contribution in [0.25, 0.3) is 16.6 Å². The lowest BCUT2D eigenvalue weighted by atomic mass is 10.2. The van der Waals surface area contributed by atoms with Crippen LogP contribution in [0.2, 0.25) is 5.02 Å². The SMILES string of the molecule is N#Cc1cn(-c2ccc(C(=O)O)cc2)c2ccc(Cl)cc12. The van der Waals surface area contributed by atoms with Crippen molar-refractivity contribution < 1.29 is 9.90 Å². The summed E-state index contributed by atoms with van der Waals surface area (Å²) in [7, 11) is 0. The third kappa shape index (κ3) is 2.24. The van der Waals surface area contributed by atoms with E-state index < -0.39 is 5.97 Å². The Balaban J connectivity index is 2.21. The minimum atomic E-state index is -0.969. The van der Waals surface area contributed by atoms with E-state index in [1.807, 2.05) is 10.6 Å². The summed E-state index contributed by atoms with van der Waals surface area (Å²) in [5.41, 5.74) is 2.38. The predicted molar refractivity (Wildman–Crippen MR) is 80.0 cm³/mol. The zero-order chi connectivity index (χ0) is 15.0. The number of aromatic nitrogens is 1. The number of fused-ring (bicyclic) bond motifs is 1. The number of carbonyl (C=O) groups is 1. The van der Waals surface area contributed by atoms with Crippen molar-refractivity contribution in [2.24, 2.45) is 0 Å². The van der Waals surface area contributed by atoms with Gasteiger partial charge in [-0.05, 0) is 42.5 Å². The highest BCUT2D eigenvalue weighted by atomic mass is 35.5. The van der Waals surface area contributed by atoms with Crippen LogP contribution in [0.3, 0.4) is 0 Å². The summed E-state index contributed by atoms with van der Waals surface area (Å²) in [5, 5.41) is 19.5. The third-order valence-corrected chi connectivity index (χ3v) is 3.51. The molecule has 0 saturated carbocycles. The molecule has 0 spiro atoms. The van der Waals surface area contributed by atoms with Crippen LogP contribution in [-0.4, -0.2) is 15.6 Å². The average Bonchev–Trinajstić information content (AvgIpc) is 2.85. The number of nitrogens with zero attached hydrogens (tertiary/aromatic N) is 2. The Kier molecular flexibility index (Phi) is 3.13. The van der Waals surface area contributed by atoms with Gasteiger partial charge < -0.3 is 9.67 Å². The largest absolute Gasteiger partial charge is 0.478 e. The minimum absolute atomic E-state index is 0.221. The average molecular weight is 297 g/mol. The first kappa shape index (κ1) is 13.2. The quantitative estimate of drug-likeness (QED) is 0.781. The topological polar surface area (TPSA) is 66.0 Å². The van der Waals surface area contributed by atoms with E-state index in [0.29, 0.717) is 10.6 Å². The fourth-order valence-corrected chi connectivity index (χ4v) is 2.44. The fraction of sp³-hybridized carbons (Fsp3) is 0. The van der Waals surface area contributed by atoms with Crippen LogP contribution in [0.15, 0.2) is 48.7 Å². The Hall–Kier alpha value is -2.77. The highest BCUT2D eigenvalue weighted by Crippen LogP contribution is 2.27. The van der Waals surface area contributed by atoms with Crippen LogP contribution in [0.5, 0.6) is 0 Å². The molecule has 0 amide bonds. The van der Waals surface area contributed by atoms with Crippen LogP contribution >= 0.6 is 11.6 Å². The Labute approximate surface area is 125 Å². The number of rotatable bonds is 2. The summed E-state index contributed by atoms with van der Waals surface area (Å²) in [5.74, 6) is -0.969. The molecule has 4 nitrogen and oxygen atoms in total. The van der Waals surface area contributed by atoms with Crippen molar-refractivity contribution in [2.75, 3.05) is 0 Å². The minimum Gasteiger partial charge on any atom is -0.478 e. The molecule has 1 aromatic heterocycles. The van der Waals surface area contributed by atoms with Gasteiger partial charge in [0.25, 0.3) is 0 Å². The maximum absolute atomic E-state index is 10.9. The molecule has 0 saturated heterocycles. The van der Waals surface area contributed by atoms with Gasteiger partial charge in [-0.3, -0.25) is 0 Å². The van der Waals surface area contributed by atoms with E-state index >= 15 is 0 Å². The molecule has 0 radical (unpaired) electrons. The summed E-state index contributed by atoms with van der Waals surface area (Å²) in [6.07, 6.45) is 1.72. The van der Waals surface area contributed by atoms with E-state index in [1.165, 1.54) is 12.1 Å². The van der Waals surface area contributed by atoms with Gasteiger partial charge in [-0.25, -0.2) is 4.79 Å². The Morgan fingerprint density at radius 1 is 1.19 bits per heavy atom. The smallest absolute Gasteiger partial charge is 0.335 e. The number of carboxylic acids is 1. The van der Waals surface area contributed by atoms with Crippen molar-refractivity contribution in [3.8, 4) is 11.8 Å². The van der Waals surface area contributed by atoms with Gasteiger partial charge in [0.1, 0.15) is 6.07 Å². The van der Waals surface area contributed by atoms with Crippen LogP contribution in [0.1, 0.15) is 15.9 Å². The summed E-state index contributed by atoms with van der Waals surface area (Å²) in [4.78, 5) is 10.9. The predicted octanol–water partition coefficient (Wildman–Crippen LogP) is 3.85. The van der Waals surface area contributed by atoms with Crippen molar-refractivity contribution in [1.82, 2.24) is 4.57 Å². The normalized spacial score (nSPS) is 10.5. The van der Waals surface area contributed by atoms with E-state index in [4.69, 9.17) is 16.7 Å². The van der Waals surface area contributed by atoms with Crippen LogP contribution < -0.4 is 0 Å². The fourth-order valence-electron chi connectivity index (χ4n) is 2.27. The van der Waals surface area contributed by atoms with Gasteiger partial charge in [0.2, 0.25) is 0 Å². The van der Waals surface area contributed by atoms with E-state index in [0.717, 1.165) is 16.6 Å². The molecular weight excluding hydrogens is 288 g/mol. The zero-order valence-electron chi connectivity index (χ0n) is 10.7. The van der Waals surface area contributed by atoms with Gasteiger partial charge in [-0.1, -0.05) is 11.6 Å². The van der Waals surface area contributed by atoms with Gasteiger partial charge in [0.05, 0.1) is 16.6 Å². The molecule has 3 rings (SSSR count). The van der Waals surface area contributed by atoms with E-state index in [2.05, 4.69) is 6.07 Å². The molecule has 0 bridgehead atoms. The molecule has 0 atom stereocenters. The number of aromatic carboxylic acids is 1. The van der Waals surface area contributed by atoms with Gasteiger partial charge >= 0.3 is 5.97 Å². The molecule has 0 fully saturated rings. The summed E-state index contributed by atoms with van der Waals surface area (Å²) in [6, 6.07) is 14.0. The first-order valence-corrected chi connectivity index (χ1v) is 6.52. The van der Waals surface area contributed by atoms with E-state index in [1.54, 1.807) is 30.5 Å². The van der Waals surface area contributed by atoms with Gasteiger partial charge in [0, 0.05) is 22.3 Å². The van der Waals surface area contributed by atoms with E-state index in [-0.39, 0.29) is 5.56 Å². The molecule has 21 heavy (non-hydrogen) atoms. The Bertz CT molecular complexity index is 889. The molecule has 102 valence electrons. The van der Waals surface area contributed by atoms with Crippen LogP contribution in [0.4, 0.5) is 0 Å². The van der Waals surface area contributed by atoms with Crippen molar-refractivity contribution in [3.05, 3.63) is 64.8 Å². The summed E-state index contributed by atoms with van der Waals surface area (Å²) >= 11 is 5.97. The first-order chi connectivity index (χ1) is 10.1. The van der Waals surface area contributed by atoms with Gasteiger partial charge in [0.15, 0.2) is 0 Å². The molecule has 2 aromatic carbocycles. The van der Waals surface area contributed by atoms with Crippen molar-refractivity contribution in [2.45, 2.75) is 0 Å². The van der Waals surface area contributed by atoms with Gasteiger partial charge in [-0.2, -0.15) is 5.26 Å². The number of carboxylic acid groups (broad SMARTS) is 1. The first-order valence-electron chi connectivity index (χ1n) is 6.14. The Morgan fingerprint density at radius 2 is 1.90 bits per heavy atom. The van der Waals surface area contributed by atoms with Crippen molar-refractivity contribution in [1.29, 1.82) is 5.26 Å². The molecule has 0 aliphatic rings. The molecule has 1 heterocycles. The zero-order valence-corrected chi connectivity index (χ0v) is 11.5. The lowest BCUT2D eigenvalue weighted by Gasteiger charge is -2.05. The molecule has 0 unspecified atom stereocenters. The maximum Gasteiger partial charge on any atom is 0.335 e. The number of halogens is 1. The van der Waals surface area contributed by atoms with Crippen molar-refractivity contribution in [3.63, 3.8) is 0 Å². The monoisotopic (exact) mass is 296 g/mol. The standard InChI is InChI=1S/C16H9ClN2O2/c17-12-3-6-15-14(7-12)11(8-18)9-19(15)13-4-1-10(2-5-13)16(20)21/h1-7,9H,(H,20,21). The summed E-state index contributed by atoms with van der Waals surface area (Å²) < 4.78 is 1.84. The second-order valence-corrected chi connectivity index (χ2v) is 4.97. The molecular formula is C16H9ClN2O2. The van der Waals surface area contributed by atoms with Crippen molar-refractivity contribution >= 4 is 28.5 Å². The Morgan fingerprint density at radius 3 is 2.52 bits per heavy atom. The number of benzene rings is 2. The second-order valence-electron chi connectivity index (χ2n) is 4.54. The molecule has 0 aliphatic heterocycles.